The lowest BCUT2D eigenvalue weighted by atomic mass is 9.67. The van der Waals surface area contributed by atoms with Crippen molar-refractivity contribution < 1.29 is 0 Å². The Labute approximate surface area is 101 Å². The molecule has 1 aliphatic carbocycles. The summed E-state index contributed by atoms with van der Waals surface area (Å²) in [6, 6.07) is 0.819. The van der Waals surface area contributed by atoms with Gasteiger partial charge in [-0.25, -0.2) is 0 Å². The van der Waals surface area contributed by atoms with E-state index in [0.29, 0.717) is 0 Å². The van der Waals surface area contributed by atoms with Gasteiger partial charge in [-0.05, 0) is 70.1 Å². The maximum atomic E-state index is 3.62. The minimum atomic E-state index is 0.734. The molecule has 0 aromatic heterocycles. The molecular weight excluding hydrogens is 196 g/mol. The third-order valence-electron chi connectivity index (χ3n) is 4.90. The maximum absolute atomic E-state index is 3.62. The standard InChI is InChI=1S/C14H28N2/c1-3-15-13-5-7-14(8-6-13)9-11-16(4-2)12-10-14/h13,15H,3-12H2,1-2H3. The van der Waals surface area contributed by atoms with Crippen LogP contribution in [0.5, 0.6) is 0 Å². The lowest BCUT2D eigenvalue weighted by Crippen LogP contribution is -2.44. The molecule has 2 fully saturated rings. The first-order valence-electron chi connectivity index (χ1n) is 7.24. The molecule has 1 aliphatic heterocycles. The number of nitrogens with zero attached hydrogens (tertiary/aromatic N) is 1. The fourth-order valence-electron chi connectivity index (χ4n) is 3.57. The molecule has 0 aromatic carbocycles. The molecule has 0 aromatic rings. The van der Waals surface area contributed by atoms with Gasteiger partial charge in [0.2, 0.25) is 0 Å². The molecule has 16 heavy (non-hydrogen) atoms. The normalized spacial score (nSPS) is 27.4. The largest absolute Gasteiger partial charge is 0.314 e. The van der Waals surface area contributed by atoms with Gasteiger partial charge in [0.15, 0.2) is 0 Å². The first-order chi connectivity index (χ1) is 7.78. The highest BCUT2D eigenvalue weighted by Crippen LogP contribution is 2.44. The minimum Gasteiger partial charge on any atom is -0.314 e. The Kier molecular flexibility index (Phi) is 4.26. The summed E-state index contributed by atoms with van der Waals surface area (Å²) >= 11 is 0. The first kappa shape index (κ1) is 12.4. The number of rotatable bonds is 3. The molecule has 2 heteroatoms. The van der Waals surface area contributed by atoms with Crippen LogP contribution in [-0.4, -0.2) is 37.1 Å². The molecule has 1 spiro atoms. The van der Waals surface area contributed by atoms with Gasteiger partial charge in [0.25, 0.3) is 0 Å². The SMILES string of the molecule is CCNC1CCC2(CC1)CCN(CC)CC2. The maximum Gasteiger partial charge on any atom is 0.00673 e. The van der Waals surface area contributed by atoms with Crippen molar-refractivity contribution in [1.82, 2.24) is 10.2 Å². The second-order valence-corrected chi connectivity index (χ2v) is 5.77. The molecule has 0 atom stereocenters. The van der Waals surface area contributed by atoms with Gasteiger partial charge in [0.1, 0.15) is 0 Å². The summed E-state index contributed by atoms with van der Waals surface area (Å²) in [6.07, 6.45) is 8.70. The molecule has 1 saturated carbocycles. The van der Waals surface area contributed by atoms with E-state index in [4.69, 9.17) is 0 Å². The van der Waals surface area contributed by atoms with Crippen LogP contribution in [0.3, 0.4) is 0 Å². The monoisotopic (exact) mass is 224 g/mol. The van der Waals surface area contributed by atoms with Crippen molar-refractivity contribution in [2.24, 2.45) is 5.41 Å². The second kappa shape index (κ2) is 5.50. The highest BCUT2D eigenvalue weighted by Gasteiger charge is 2.37. The summed E-state index contributed by atoms with van der Waals surface area (Å²) in [6.45, 7) is 9.60. The number of hydrogen-bond acceptors (Lipinski definition) is 2. The first-order valence-corrected chi connectivity index (χ1v) is 7.24. The summed E-state index contributed by atoms with van der Waals surface area (Å²) in [7, 11) is 0. The Morgan fingerprint density at radius 2 is 1.69 bits per heavy atom. The number of nitrogens with one attached hydrogen (secondary N) is 1. The Hall–Kier alpha value is -0.0800. The van der Waals surface area contributed by atoms with Crippen LogP contribution in [0.4, 0.5) is 0 Å². The molecule has 2 rings (SSSR count). The zero-order valence-corrected chi connectivity index (χ0v) is 11.1. The Balaban J connectivity index is 1.79. The van der Waals surface area contributed by atoms with Gasteiger partial charge >= 0.3 is 0 Å². The van der Waals surface area contributed by atoms with Crippen LogP contribution in [0.1, 0.15) is 52.4 Å². The summed E-state index contributed by atoms with van der Waals surface area (Å²) < 4.78 is 0. The zero-order chi connectivity index (χ0) is 11.4. The van der Waals surface area contributed by atoms with E-state index in [1.165, 1.54) is 58.2 Å². The van der Waals surface area contributed by atoms with E-state index in [-0.39, 0.29) is 0 Å². The van der Waals surface area contributed by atoms with Crippen molar-refractivity contribution in [3.63, 3.8) is 0 Å². The van der Waals surface area contributed by atoms with Crippen LogP contribution < -0.4 is 5.32 Å². The van der Waals surface area contributed by atoms with Gasteiger partial charge in [0.05, 0.1) is 0 Å². The van der Waals surface area contributed by atoms with Crippen molar-refractivity contribution in [2.45, 2.75) is 58.4 Å². The van der Waals surface area contributed by atoms with Crippen LogP contribution in [0, 0.1) is 5.41 Å². The van der Waals surface area contributed by atoms with Gasteiger partial charge < -0.3 is 10.2 Å². The average Bonchev–Trinajstić information content (AvgIpc) is 2.34. The van der Waals surface area contributed by atoms with Crippen LogP contribution in [0.15, 0.2) is 0 Å². The van der Waals surface area contributed by atoms with E-state index in [0.717, 1.165) is 18.0 Å². The zero-order valence-electron chi connectivity index (χ0n) is 11.1. The summed E-state index contributed by atoms with van der Waals surface area (Å²) in [5, 5.41) is 3.62. The fraction of sp³-hybridized carbons (Fsp3) is 1.00. The van der Waals surface area contributed by atoms with Crippen molar-refractivity contribution in [2.75, 3.05) is 26.2 Å². The quantitative estimate of drug-likeness (QED) is 0.793. The van der Waals surface area contributed by atoms with Gasteiger partial charge in [0, 0.05) is 6.04 Å². The Morgan fingerprint density at radius 1 is 1.06 bits per heavy atom. The molecular formula is C14H28N2. The molecule has 0 radical (unpaired) electrons. The lowest BCUT2D eigenvalue weighted by Gasteiger charge is -2.46. The van der Waals surface area contributed by atoms with Gasteiger partial charge in [-0.1, -0.05) is 13.8 Å². The van der Waals surface area contributed by atoms with Crippen LogP contribution in [0.2, 0.25) is 0 Å². The fourth-order valence-corrected chi connectivity index (χ4v) is 3.57. The van der Waals surface area contributed by atoms with E-state index in [2.05, 4.69) is 24.1 Å². The van der Waals surface area contributed by atoms with E-state index >= 15 is 0 Å². The summed E-state index contributed by atoms with van der Waals surface area (Å²) in [5.41, 5.74) is 0.734. The molecule has 94 valence electrons. The minimum absolute atomic E-state index is 0.734. The van der Waals surface area contributed by atoms with E-state index in [1.807, 2.05) is 0 Å². The third-order valence-corrected chi connectivity index (χ3v) is 4.90. The van der Waals surface area contributed by atoms with Crippen LogP contribution >= 0.6 is 0 Å². The topological polar surface area (TPSA) is 15.3 Å². The van der Waals surface area contributed by atoms with Crippen molar-refractivity contribution in [3.8, 4) is 0 Å². The van der Waals surface area contributed by atoms with Crippen molar-refractivity contribution in [3.05, 3.63) is 0 Å². The summed E-state index contributed by atoms with van der Waals surface area (Å²) in [4.78, 5) is 2.61. The van der Waals surface area contributed by atoms with Crippen LogP contribution in [-0.2, 0) is 0 Å². The van der Waals surface area contributed by atoms with Crippen molar-refractivity contribution >= 4 is 0 Å². The predicted molar refractivity (Wildman–Crippen MR) is 69.7 cm³/mol. The molecule has 0 bridgehead atoms. The summed E-state index contributed by atoms with van der Waals surface area (Å²) in [5.74, 6) is 0. The molecule has 1 saturated heterocycles. The molecule has 2 aliphatic rings. The Bertz CT molecular complexity index is 197. The van der Waals surface area contributed by atoms with Gasteiger partial charge in [-0.2, -0.15) is 0 Å². The van der Waals surface area contributed by atoms with E-state index < -0.39 is 0 Å². The number of hydrogen-bond donors (Lipinski definition) is 1. The Morgan fingerprint density at radius 3 is 2.19 bits per heavy atom. The molecule has 1 heterocycles. The highest BCUT2D eigenvalue weighted by atomic mass is 15.1. The predicted octanol–water partition coefficient (Wildman–Crippen LogP) is 2.64. The molecule has 1 N–H and O–H groups in total. The van der Waals surface area contributed by atoms with Crippen molar-refractivity contribution in [1.29, 1.82) is 0 Å². The highest BCUT2D eigenvalue weighted by molar-refractivity contribution is 4.91. The molecule has 0 amide bonds. The number of piperidine rings is 1. The van der Waals surface area contributed by atoms with Crippen LogP contribution in [0.25, 0.3) is 0 Å². The second-order valence-electron chi connectivity index (χ2n) is 5.77. The van der Waals surface area contributed by atoms with E-state index in [1.54, 1.807) is 0 Å². The van der Waals surface area contributed by atoms with Gasteiger partial charge in [-0.3, -0.25) is 0 Å². The van der Waals surface area contributed by atoms with Gasteiger partial charge in [-0.15, -0.1) is 0 Å². The third kappa shape index (κ3) is 2.78. The molecule has 2 nitrogen and oxygen atoms in total. The lowest BCUT2D eigenvalue weighted by molar-refractivity contribution is 0.0613. The smallest absolute Gasteiger partial charge is 0.00673 e. The van der Waals surface area contributed by atoms with E-state index in [9.17, 15) is 0 Å². The average molecular weight is 224 g/mol. The molecule has 0 unspecified atom stereocenters. The number of likely N-dealkylation sites (tertiary alicyclic amines) is 1.